The van der Waals surface area contributed by atoms with E-state index in [0.717, 1.165) is 0 Å². The van der Waals surface area contributed by atoms with Crippen LogP contribution in [-0.4, -0.2) is 33.5 Å². The number of ketones is 1. The lowest BCUT2D eigenvalue weighted by molar-refractivity contribution is -0.131. The number of aromatic nitrogens is 1. The van der Waals surface area contributed by atoms with Gasteiger partial charge in [-0.3, -0.25) is 15.1 Å². The third kappa shape index (κ3) is 4.74. The van der Waals surface area contributed by atoms with Crippen molar-refractivity contribution < 1.29 is 24.2 Å². The maximum atomic E-state index is 11.5. The minimum Gasteiger partial charge on any atom is -0.475 e. The molecule has 0 fully saturated rings. The molecule has 7 nitrogen and oxygen atoms in total. The number of ether oxygens (including phenoxy) is 1. The Labute approximate surface area is 109 Å². The summed E-state index contributed by atoms with van der Waals surface area (Å²) < 4.78 is 5.02. The van der Waals surface area contributed by atoms with Crippen molar-refractivity contribution >= 4 is 23.5 Å². The molecule has 1 heterocycles. The molecule has 102 valence electrons. The van der Waals surface area contributed by atoms with Crippen LogP contribution in [0.2, 0.25) is 0 Å². The molecular weight excluding hydrogens is 252 g/mol. The monoisotopic (exact) mass is 266 g/mol. The fourth-order valence-electron chi connectivity index (χ4n) is 1.16. The Morgan fingerprint density at radius 2 is 1.95 bits per heavy atom. The first-order valence-corrected chi connectivity index (χ1v) is 5.43. The van der Waals surface area contributed by atoms with Gasteiger partial charge in [-0.2, -0.15) is 0 Å². The Morgan fingerprint density at radius 3 is 2.47 bits per heavy atom. The highest BCUT2D eigenvalue weighted by Crippen LogP contribution is 2.12. The molecule has 1 aromatic rings. The Morgan fingerprint density at radius 1 is 1.32 bits per heavy atom. The van der Waals surface area contributed by atoms with E-state index in [4.69, 9.17) is 9.84 Å². The standard InChI is InChI=1S/C12H14N2O5/c1-12(2,3)19-11(18)14-7-4-5-13-8(6-7)9(15)10(16)17/h4-6H,1-3H3,(H,16,17)(H,13,14,18). The van der Waals surface area contributed by atoms with Gasteiger partial charge in [0.05, 0.1) is 0 Å². The van der Waals surface area contributed by atoms with Crippen LogP contribution in [0.25, 0.3) is 0 Å². The van der Waals surface area contributed by atoms with Crippen LogP contribution < -0.4 is 5.32 Å². The van der Waals surface area contributed by atoms with E-state index in [9.17, 15) is 14.4 Å². The molecule has 0 aromatic carbocycles. The van der Waals surface area contributed by atoms with E-state index in [-0.39, 0.29) is 11.4 Å². The van der Waals surface area contributed by atoms with Gasteiger partial charge < -0.3 is 9.84 Å². The van der Waals surface area contributed by atoms with Crippen molar-refractivity contribution in [1.82, 2.24) is 4.98 Å². The number of anilines is 1. The van der Waals surface area contributed by atoms with Crippen molar-refractivity contribution in [1.29, 1.82) is 0 Å². The Kier molecular flexibility index (Phi) is 4.21. The predicted octanol–water partition coefficient (Wildman–Crippen LogP) is 1.70. The van der Waals surface area contributed by atoms with Crippen LogP contribution in [0.5, 0.6) is 0 Å². The zero-order valence-corrected chi connectivity index (χ0v) is 10.8. The molecule has 0 unspecified atom stereocenters. The second kappa shape index (κ2) is 5.47. The first kappa shape index (κ1) is 14.6. The molecule has 1 aromatic heterocycles. The molecule has 0 bridgehead atoms. The molecule has 0 saturated heterocycles. The van der Waals surface area contributed by atoms with Crippen LogP contribution >= 0.6 is 0 Å². The molecule has 1 amide bonds. The average Bonchev–Trinajstić information content (AvgIpc) is 2.25. The fraction of sp³-hybridized carbons (Fsp3) is 0.333. The maximum absolute atomic E-state index is 11.5. The summed E-state index contributed by atoms with van der Waals surface area (Å²) in [5, 5.41) is 10.9. The molecule has 19 heavy (non-hydrogen) atoms. The smallest absolute Gasteiger partial charge is 0.412 e. The molecule has 0 aliphatic carbocycles. The van der Waals surface area contributed by atoms with Gasteiger partial charge in [0, 0.05) is 11.9 Å². The number of hydrogen-bond donors (Lipinski definition) is 2. The minimum atomic E-state index is -1.61. The molecule has 0 saturated carbocycles. The summed E-state index contributed by atoms with van der Waals surface area (Å²) in [6, 6.07) is 2.59. The van der Waals surface area contributed by atoms with Gasteiger partial charge in [-0.15, -0.1) is 0 Å². The summed E-state index contributed by atoms with van der Waals surface area (Å²) in [7, 11) is 0. The lowest BCUT2D eigenvalue weighted by atomic mass is 10.2. The third-order valence-corrected chi connectivity index (χ3v) is 1.83. The lowest BCUT2D eigenvalue weighted by Crippen LogP contribution is -2.27. The van der Waals surface area contributed by atoms with Gasteiger partial charge >= 0.3 is 12.1 Å². The van der Waals surface area contributed by atoms with E-state index >= 15 is 0 Å². The van der Waals surface area contributed by atoms with Crippen LogP contribution in [0.15, 0.2) is 18.3 Å². The summed E-state index contributed by atoms with van der Waals surface area (Å²) >= 11 is 0. The zero-order chi connectivity index (χ0) is 14.6. The SMILES string of the molecule is CC(C)(C)OC(=O)Nc1ccnc(C(=O)C(=O)O)c1. The summed E-state index contributed by atoms with van der Waals surface area (Å²) in [6.07, 6.45) is 0.524. The van der Waals surface area contributed by atoms with Crippen molar-refractivity contribution in [2.75, 3.05) is 5.32 Å². The van der Waals surface area contributed by atoms with Gasteiger partial charge in [-0.05, 0) is 32.9 Å². The third-order valence-electron chi connectivity index (χ3n) is 1.83. The van der Waals surface area contributed by atoms with Crippen LogP contribution in [0, 0.1) is 0 Å². The van der Waals surface area contributed by atoms with Crippen molar-refractivity contribution in [3.8, 4) is 0 Å². The second-order valence-electron chi connectivity index (χ2n) is 4.69. The molecule has 1 rings (SSSR count). The van der Waals surface area contributed by atoms with Gasteiger partial charge in [0.1, 0.15) is 11.3 Å². The van der Waals surface area contributed by atoms with E-state index in [1.807, 2.05) is 0 Å². The molecule has 2 N–H and O–H groups in total. The second-order valence-corrected chi connectivity index (χ2v) is 4.69. The Hall–Kier alpha value is -2.44. The van der Waals surface area contributed by atoms with E-state index in [1.165, 1.54) is 18.3 Å². The highest BCUT2D eigenvalue weighted by molar-refractivity contribution is 6.39. The van der Waals surface area contributed by atoms with E-state index in [2.05, 4.69) is 10.3 Å². The summed E-state index contributed by atoms with van der Waals surface area (Å²) in [5.41, 5.74) is -0.688. The highest BCUT2D eigenvalue weighted by Gasteiger charge is 2.18. The van der Waals surface area contributed by atoms with Crippen molar-refractivity contribution in [2.24, 2.45) is 0 Å². The van der Waals surface area contributed by atoms with Crippen molar-refractivity contribution in [2.45, 2.75) is 26.4 Å². The minimum absolute atomic E-state index is 0.230. The molecule has 0 atom stereocenters. The van der Waals surface area contributed by atoms with E-state index in [1.54, 1.807) is 20.8 Å². The fourth-order valence-corrected chi connectivity index (χ4v) is 1.16. The van der Waals surface area contributed by atoms with Gasteiger partial charge in [0.25, 0.3) is 5.78 Å². The topological polar surface area (TPSA) is 106 Å². The Bertz CT molecular complexity index is 519. The highest BCUT2D eigenvalue weighted by atomic mass is 16.6. The quantitative estimate of drug-likeness (QED) is 0.637. The number of Topliss-reactive ketones (excluding diaryl/α,β-unsaturated/α-hetero) is 1. The maximum Gasteiger partial charge on any atom is 0.412 e. The number of carboxylic acid groups (broad SMARTS) is 1. The number of nitrogens with zero attached hydrogens (tertiary/aromatic N) is 1. The lowest BCUT2D eigenvalue weighted by Gasteiger charge is -2.19. The van der Waals surface area contributed by atoms with Gasteiger partial charge in [0.15, 0.2) is 0 Å². The molecule has 0 spiro atoms. The summed E-state index contributed by atoms with van der Waals surface area (Å²) in [4.78, 5) is 36.8. The molecule has 0 aliphatic heterocycles. The first-order valence-electron chi connectivity index (χ1n) is 5.43. The number of amides is 1. The summed E-state index contributed by atoms with van der Waals surface area (Å²) in [5.74, 6) is -2.75. The molecule has 0 aliphatic rings. The average molecular weight is 266 g/mol. The van der Waals surface area contributed by atoms with Crippen molar-refractivity contribution in [3.63, 3.8) is 0 Å². The van der Waals surface area contributed by atoms with Crippen LogP contribution in [0.4, 0.5) is 10.5 Å². The number of nitrogens with one attached hydrogen (secondary N) is 1. The molecular formula is C12H14N2O5. The number of carbonyl (C=O) groups is 3. The Balaban J connectivity index is 2.81. The van der Waals surface area contributed by atoms with Crippen LogP contribution in [-0.2, 0) is 9.53 Å². The van der Waals surface area contributed by atoms with E-state index in [0.29, 0.717) is 0 Å². The molecule has 0 radical (unpaired) electrons. The largest absolute Gasteiger partial charge is 0.475 e. The number of pyridine rings is 1. The van der Waals surface area contributed by atoms with Crippen LogP contribution in [0.1, 0.15) is 31.3 Å². The number of aliphatic carboxylic acids is 1. The number of hydrogen-bond acceptors (Lipinski definition) is 5. The van der Waals surface area contributed by atoms with Crippen molar-refractivity contribution in [3.05, 3.63) is 24.0 Å². The van der Waals surface area contributed by atoms with Gasteiger partial charge in [-0.1, -0.05) is 0 Å². The number of carbonyl (C=O) groups excluding carboxylic acids is 2. The van der Waals surface area contributed by atoms with Gasteiger partial charge in [-0.25, -0.2) is 9.59 Å². The number of rotatable bonds is 3. The molecule has 7 heteroatoms. The van der Waals surface area contributed by atoms with E-state index < -0.39 is 23.4 Å². The normalized spacial score (nSPS) is 10.7. The summed E-state index contributed by atoms with van der Waals surface area (Å²) in [6.45, 7) is 5.12. The first-order chi connectivity index (χ1) is 8.69. The van der Waals surface area contributed by atoms with Gasteiger partial charge in [0.2, 0.25) is 0 Å². The predicted molar refractivity (Wildman–Crippen MR) is 66.1 cm³/mol. The zero-order valence-electron chi connectivity index (χ0n) is 10.8. The number of carboxylic acids is 1. The van der Waals surface area contributed by atoms with Crippen LogP contribution in [0.3, 0.4) is 0 Å².